The van der Waals surface area contributed by atoms with E-state index in [1.165, 1.54) is 0 Å². The van der Waals surface area contributed by atoms with E-state index in [9.17, 15) is 0 Å². The molecule has 6 heteroatoms. The molecule has 2 rings (SSSR count). The van der Waals surface area contributed by atoms with Gasteiger partial charge >= 0.3 is 0 Å². The highest BCUT2D eigenvalue weighted by Gasteiger charge is 2.19. The maximum absolute atomic E-state index is 6.47. The first-order chi connectivity index (χ1) is 9.69. The normalized spacial score (nSPS) is 12.0. The van der Waals surface area contributed by atoms with Crippen LogP contribution in [-0.2, 0) is 6.42 Å². The Morgan fingerprint density at radius 2 is 1.75 bits per heavy atom. The minimum atomic E-state index is -0.282. The van der Waals surface area contributed by atoms with E-state index in [0.717, 1.165) is 11.4 Å². The lowest BCUT2D eigenvalue weighted by Crippen LogP contribution is -2.02. The van der Waals surface area contributed by atoms with Gasteiger partial charge < -0.3 is 19.2 Å². The standard InChI is InChI=1S/C14H17ClN2O3/c1-18-11-8-13(20-3)12(19-2)6-9(11)10(15)7-14-16-4-5-17-14/h4-6,8,10H,7H2,1-3H3,(H,16,17). The van der Waals surface area contributed by atoms with E-state index >= 15 is 0 Å². The van der Waals surface area contributed by atoms with E-state index in [1.807, 2.05) is 6.07 Å². The summed E-state index contributed by atoms with van der Waals surface area (Å²) in [6.07, 6.45) is 4.04. The molecule has 2 aromatic rings. The zero-order valence-electron chi connectivity index (χ0n) is 11.6. The zero-order chi connectivity index (χ0) is 14.5. The molecule has 0 bridgehead atoms. The monoisotopic (exact) mass is 296 g/mol. The number of hydrogen-bond acceptors (Lipinski definition) is 4. The van der Waals surface area contributed by atoms with Crippen LogP contribution in [0.25, 0.3) is 0 Å². The van der Waals surface area contributed by atoms with E-state index in [4.69, 9.17) is 25.8 Å². The number of ether oxygens (including phenoxy) is 3. The van der Waals surface area contributed by atoms with Gasteiger partial charge in [0.15, 0.2) is 11.5 Å². The van der Waals surface area contributed by atoms with Crippen LogP contribution in [0.3, 0.4) is 0 Å². The summed E-state index contributed by atoms with van der Waals surface area (Å²) in [5.41, 5.74) is 0.836. The van der Waals surface area contributed by atoms with Crippen molar-refractivity contribution in [1.29, 1.82) is 0 Å². The van der Waals surface area contributed by atoms with E-state index < -0.39 is 0 Å². The van der Waals surface area contributed by atoms with Crippen LogP contribution in [0.15, 0.2) is 24.5 Å². The molecule has 0 aliphatic heterocycles. The molecule has 0 radical (unpaired) electrons. The van der Waals surface area contributed by atoms with Crippen LogP contribution in [-0.4, -0.2) is 31.3 Å². The number of rotatable bonds is 6. The SMILES string of the molecule is COc1cc(OC)c(C(Cl)Cc2ncc[nH]2)cc1OC. The van der Waals surface area contributed by atoms with Crippen molar-refractivity contribution >= 4 is 11.6 Å². The third-order valence-electron chi connectivity index (χ3n) is 3.00. The summed E-state index contributed by atoms with van der Waals surface area (Å²) >= 11 is 6.47. The highest BCUT2D eigenvalue weighted by Crippen LogP contribution is 2.40. The second-order valence-electron chi connectivity index (χ2n) is 4.16. The second-order valence-corrected chi connectivity index (χ2v) is 4.68. The number of halogens is 1. The molecule has 0 spiro atoms. The van der Waals surface area contributed by atoms with Crippen molar-refractivity contribution in [2.45, 2.75) is 11.8 Å². The van der Waals surface area contributed by atoms with Gasteiger partial charge in [-0.05, 0) is 6.07 Å². The molecule has 0 amide bonds. The van der Waals surface area contributed by atoms with Gasteiger partial charge in [0, 0.05) is 30.4 Å². The first kappa shape index (κ1) is 14.5. The lowest BCUT2D eigenvalue weighted by molar-refractivity contribution is 0.347. The smallest absolute Gasteiger partial charge is 0.164 e. The van der Waals surface area contributed by atoms with Gasteiger partial charge in [0.05, 0.1) is 26.7 Å². The molecule has 0 saturated heterocycles. The molecule has 20 heavy (non-hydrogen) atoms. The van der Waals surface area contributed by atoms with Gasteiger partial charge in [-0.3, -0.25) is 0 Å². The molecule has 0 aliphatic rings. The maximum Gasteiger partial charge on any atom is 0.164 e. The molecule has 1 unspecified atom stereocenters. The van der Waals surface area contributed by atoms with Crippen LogP contribution < -0.4 is 14.2 Å². The van der Waals surface area contributed by atoms with Crippen molar-refractivity contribution < 1.29 is 14.2 Å². The summed E-state index contributed by atoms with van der Waals surface area (Å²) in [5.74, 6) is 2.71. The van der Waals surface area contributed by atoms with Crippen LogP contribution in [0.4, 0.5) is 0 Å². The van der Waals surface area contributed by atoms with Crippen LogP contribution in [0, 0.1) is 0 Å². The number of imidazole rings is 1. The molecule has 1 aromatic heterocycles. The molecule has 1 N–H and O–H groups in total. The molecule has 0 aliphatic carbocycles. The lowest BCUT2D eigenvalue weighted by atomic mass is 10.1. The number of nitrogens with one attached hydrogen (secondary N) is 1. The number of methoxy groups -OCH3 is 3. The van der Waals surface area contributed by atoms with E-state index in [0.29, 0.717) is 23.7 Å². The Kier molecular flexibility index (Phi) is 4.74. The van der Waals surface area contributed by atoms with Gasteiger partial charge in [0.2, 0.25) is 0 Å². The fourth-order valence-corrected chi connectivity index (χ4v) is 2.30. The fourth-order valence-electron chi connectivity index (χ4n) is 1.99. The lowest BCUT2D eigenvalue weighted by Gasteiger charge is -2.17. The number of alkyl halides is 1. The van der Waals surface area contributed by atoms with Gasteiger partial charge in [-0.2, -0.15) is 0 Å². The maximum atomic E-state index is 6.47. The minimum absolute atomic E-state index is 0.282. The third-order valence-corrected chi connectivity index (χ3v) is 3.39. The highest BCUT2D eigenvalue weighted by atomic mass is 35.5. The first-order valence-electron chi connectivity index (χ1n) is 6.11. The Balaban J connectivity index is 2.33. The van der Waals surface area contributed by atoms with E-state index in [-0.39, 0.29) is 5.38 Å². The van der Waals surface area contributed by atoms with E-state index in [2.05, 4.69) is 9.97 Å². The average Bonchev–Trinajstić information content (AvgIpc) is 2.98. The summed E-state index contributed by atoms with van der Waals surface area (Å²) in [5, 5.41) is -0.282. The van der Waals surface area contributed by atoms with E-state index in [1.54, 1.807) is 39.8 Å². The van der Waals surface area contributed by atoms with Gasteiger partial charge in [0.1, 0.15) is 11.6 Å². The molecule has 1 atom stereocenters. The summed E-state index contributed by atoms with van der Waals surface area (Å²) < 4.78 is 15.9. The summed E-state index contributed by atoms with van der Waals surface area (Å²) in [6, 6.07) is 3.60. The Morgan fingerprint density at radius 1 is 1.10 bits per heavy atom. The first-order valence-corrected chi connectivity index (χ1v) is 6.55. The largest absolute Gasteiger partial charge is 0.496 e. The van der Waals surface area contributed by atoms with Crippen LogP contribution in [0.1, 0.15) is 16.8 Å². The average molecular weight is 297 g/mol. The van der Waals surface area contributed by atoms with Crippen molar-refractivity contribution in [2.75, 3.05) is 21.3 Å². The topological polar surface area (TPSA) is 56.4 Å². The summed E-state index contributed by atoms with van der Waals surface area (Å²) in [7, 11) is 4.77. The molecular formula is C14H17ClN2O3. The van der Waals surface area contributed by atoms with Crippen molar-refractivity contribution in [3.63, 3.8) is 0 Å². The van der Waals surface area contributed by atoms with Crippen LogP contribution in [0.2, 0.25) is 0 Å². The Hall–Kier alpha value is -1.88. The number of aromatic amines is 1. The summed E-state index contributed by atoms with van der Waals surface area (Å²) in [6.45, 7) is 0. The Morgan fingerprint density at radius 3 is 2.30 bits per heavy atom. The number of aromatic nitrogens is 2. The van der Waals surface area contributed by atoms with Crippen LogP contribution in [0.5, 0.6) is 17.2 Å². The molecule has 1 heterocycles. The van der Waals surface area contributed by atoms with Gasteiger partial charge in [-0.15, -0.1) is 11.6 Å². The molecule has 1 aromatic carbocycles. The molecule has 0 saturated carbocycles. The number of benzene rings is 1. The molecule has 108 valence electrons. The number of nitrogens with zero attached hydrogens (tertiary/aromatic N) is 1. The highest BCUT2D eigenvalue weighted by molar-refractivity contribution is 6.21. The van der Waals surface area contributed by atoms with Crippen molar-refractivity contribution in [3.05, 3.63) is 35.9 Å². The Bertz CT molecular complexity index is 558. The molecule has 0 fully saturated rings. The Labute approximate surface area is 122 Å². The van der Waals surface area contributed by atoms with Gasteiger partial charge in [0.25, 0.3) is 0 Å². The molecule has 5 nitrogen and oxygen atoms in total. The van der Waals surface area contributed by atoms with Crippen LogP contribution >= 0.6 is 11.6 Å². The molecular weight excluding hydrogens is 280 g/mol. The minimum Gasteiger partial charge on any atom is -0.496 e. The predicted octanol–water partition coefficient (Wildman–Crippen LogP) is 2.96. The van der Waals surface area contributed by atoms with Crippen molar-refractivity contribution in [1.82, 2.24) is 9.97 Å². The quantitative estimate of drug-likeness (QED) is 0.833. The predicted molar refractivity (Wildman–Crippen MR) is 77.0 cm³/mol. The van der Waals surface area contributed by atoms with Gasteiger partial charge in [-0.25, -0.2) is 4.98 Å². The fraction of sp³-hybridized carbons (Fsp3) is 0.357. The zero-order valence-corrected chi connectivity index (χ0v) is 12.4. The van der Waals surface area contributed by atoms with Crippen molar-refractivity contribution in [2.24, 2.45) is 0 Å². The summed E-state index contributed by atoms with van der Waals surface area (Å²) in [4.78, 5) is 7.21. The third kappa shape index (κ3) is 2.99. The van der Waals surface area contributed by atoms with Gasteiger partial charge in [-0.1, -0.05) is 0 Å². The number of hydrogen-bond donors (Lipinski definition) is 1. The van der Waals surface area contributed by atoms with Crippen molar-refractivity contribution in [3.8, 4) is 17.2 Å². The second kappa shape index (κ2) is 6.52. The number of H-pyrrole nitrogens is 1.